The molecule has 6 heteroatoms. The van der Waals surface area contributed by atoms with Gasteiger partial charge in [-0.05, 0) is 77.0 Å². The zero-order valence-corrected chi connectivity index (χ0v) is 46.3. The van der Waals surface area contributed by atoms with Crippen LogP contribution < -0.4 is 5.32 Å². The molecule has 0 spiro atoms. The molecule has 69 heavy (non-hydrogen) atoms. The standard InChI is InChI=1S/C63H121NO5/c1-3-5-7-9-11-13-15-17-19-21-22-23-24-25-26-27-28-29-30-31-32-33-34-35-36-37-38-39-41-43-45-47-49-51-53-55-57-61(67)63(69)64-59(58-65)62(68)60(66)56-54-52-50-48-46-44-42-40-20-18-16-14-12-10-8-6-4-2/h29-30,40,42,48,50,59-62,65-68H,3-28,31-39,41,43-47,49,51-58H2,1-2H3,(H,64,69)/b30-29-,42-40+,50-48+. The van der Waals surface area contributed by atoms with Gasteiger partial charge in [0.2, 0.25) is 5.91 Å². The Bertz CT molecular complexity index is 1090. The first kappa shape index (κ1) is 67.5. The summed E-state index contributed by atoms with van der Waals surface area (Å²) in [5, 5.41) is 43.9. The number of rotatable bonds is 57. The third kappa shape index (κ3) is 51.2. The molecule has 0 aromatic carbocycles. The summed E-state index contributed by atoms with van der Waals surface area (Å²) in [6.45, 7) is 4.06. The smallest absolute Gasteiger partial charge is 0.249 e. The Morgan fingerprint density at radius 1 is 0.348 bits per heavy atom. The molecule has 0 fully saturated rings. The van der Waals surface area contributed by atoms with Crippen LogP contribution in [0, 0.1) is 0 Å². The molecule has 6 nitrogen and oxygen atoms in total. The Labute approximate surface area is 430 Å². The second-order valence-electron chi connectivity index (χ2n) is 21.4. The van der Waals surface area contributed by atoms with Crippen LogP contribution in [0.2, 0.25) is 0 Å². The van der Waals surface area contributed by atoms with Crippen LogP contribution in [0.4, 0.5) is 0 Å². The summed E-state index contributed by atoms with van der Waals surface area (Å²) < 4.78 is 0. The van der Waals surface area contributed by atoms with E-state index in [0.717, 1.165) is 38.5 Å². The number of amides is 1. The maximum atomic E-state index is 12.6. The van der Waals surface area contributed by atoms with E-state index in [0.29, 0.717) is 19.3 Å². The fourth-order valence-corrected chi connectivity index (χ4v) is 9.71. The Morgan fingerprint density at radius 2 is 0.609 bits per heavy atom. The van der Waals surface area contributed by atoms with Crippen LogP contribution >= 0.6 is 0 Å². The molecule has 0 aliphatic carbocycles. The van der Waals surface area contributed by atoms with Gasteiger partial charge in [-0.3, -0.25) is 4.79 Å². The van der Waals surface area contributed by atoms with Crippen LogP contribution in [0.3, 0.4) is 0 Å². The predicted molar refractivity (Wildman–Crippen MR) is 302 cm³/mol. The van der Waals surface area contributed by atoms with Crippen molar-refractivity contribution in [2.45, 2.75) is 353 Å². The van der Waals surface area contributed by atoms with Gasteiger partial charge in [0.25, 0.3) is 0 Å². The van der Waals surface area contributed by atoms with Crippen LogP contribution in [0.15, 0.2) is 36.5 Å². The number of aliphatic hydroxyl groups excluding tert-OH is 4. The number of allylic oxidation sites excluding steroid dienone is 6. The maximum absolute atomic E-state index is 12.6. The van der Waals surface area contributed by atoms with Gasteiger partial charge in [-0.2, -0.15) is 0 Å². The lowest BCUT2D eigenvalue weighted by Gasteiger charge is -2.27. The molecular weight excluding hydrogens is 851 g/mol. The Hall–Kier alpha value is -1.47. The molecule has 408 valence electrons. The lowest BCUT2D eigenvalue weighted by Crippen LogP contribution is -2.53. The largest absolute Gasteiger partial charge is 0.394 e. The van der Waals surface area contributed by atoms with E-state index in [1.165, 1.54) is 257 Å². The molecule has 0 aromatic heterocycles. The highest BCUT2D eigenvalue weighted by Crippen LogP contribution is 2.18. The van der Waals surface area contributed by atoms with Crippen LogP contribution in [0.1, 0.15) is 328 Å². The molecular formula is C63H121NO5. The maximum Gasteiger partial charge on any atom is 0.249 e. The lowest BCUT2D eigenvalue weighted by atomic mass is 10.00. The summed E-state index contributed by atoms with van der Waals surface area (Å²) in [5.74, 6) is -0.593. The van der Waals surface area contributed by atoms with Crippen molar-refractivity contribution in [3.05, 3.63) is 36.5 Å². The molecule has 0 heterocycles. The topological polar surface area (TPSA) is 110 Å². The van der Waals surface area contributed by atoms with Gasteiger partial charge in [0, 0.05) is 0 Å². The van der Waals surface area contributed by atoms with Crippen LogP contribution in [-0.2, 0) is 4.79 Å². The molecule has 0 radical (unpaired) electrons. The molecule has 0 aliphatic rings. The average Bonchev–Trinajstić information content (AvgIpc) is 3.35. The summed E-state index contributed by atoms with van der Waals surface area (Å²) in [5.41, 5.74) is 0. The molecule has 0 aromatic rings. The number of carbonyl (C=O) groups is 1. The summed E-state index contributed by atoms with van der Waals surface area (Å²) in [6.07, 6.45) is 72.5. The molecule has 0 saturated heterocycles. The minimum atomic E-state index is -1.29. The van der Waals surface area contributed by atoms with Crippen molar-refractivity contribution in [3.63, 3.8) is 0 Å². The highest BCUT2D eigenvalue weighted by Gasteiger charge is 2.28. The molecule has 5 N–H and O–H groups in total. The van der Waals surface area contributed by atoms with Gasteiger partial charge in [0.1, 0.15) is 12.2 Å². The quantitative estimate of drug-likeness (QED) is 0.0308. The van der Waals surface area contributed by atoms with E-state index < -0.39 is 36.9 Å². The van der Waals surface area contributed by atoms with Crippen LogP contribution in [0.25, 0.3) is 0 Å². The third-order valence-corrected chi connectivity index (χ3v) is 14.6. The number of hydrogen-bond donors (Lipinski definition) is 5. The zero-order chi connectivity index (χ0) is 50.2. The Morgan fingerprint density at radius 3 is 0.913 bits per heavy atom. The fourth-order valence-electron chi connectivity index (χ4n) is 9.71. The van der Waals surface area contributed by atoms with Gasteiger partial charge in [0.15, 0.2) is 0 Å². The van der Waals surface area contributed by atoms with Crippen molar-refractivity contribution in [1.29, 1.82) is 0 Å². The van der Waals surface area contributed by atoms with Gasteiger partial charge < -0.3 is 25.7 Å². The third-order valence-electron chi connectivity index (χ3n) is 14.6. The minimum absolute atomic E-state index is 0.362. The highest BCUT2D eigenvalue weighted by atomic mass is 16.3. The van der Waals surface area contributed by atoms with E-state index in [1.54, 1.807) is 0 Å². The van der Waals surface area contributed by atoms with Gasteiger partial charge in [-0.1, -0.05) is 288 Å². The van der Waals surface area contributed by atoms with Crippen molar-refractivity contribution in [3.8, 4) is 0 Å². The SMILES string of the molecule is CCCCCCCCCC/C=C/CC/C=C/CCCC(O)C(O)C(CO)NC(=O)C(O)CCCCCCCCCCCCCCCCCC/C=C\CCCCCCCCCCCCCCCCCC. The molecule has 4 unspecified atom stereocenters. The van der Waals surface area contributed by atoms with Crippen molar-refractivity contribution in [1.82, 2.24) is 5.32 Å². The number of hydrogen-bond acceptors (Lipinski definition) is 5. The first-order valence-corrected chi connectivity index (χ1v) is 30.9. The van der Waals surface area contributed by atoms with Gasteiger partial charge >= 0.3 is 0 Å². The van der Waals surface area contributed by atoms with E-state index in [4.69, 9.17) is 0 Å². The second kappa shape index (κ2) is 57.4. The summed E-state index contributed by atoms with van der Waals surface area (Å²) in [6, 6.07) is -1.01. The lowest BCUT2D eigenvalue weighted by molar-refractivity contribution is -0.132. The minimum Gasteiger partial charge on any atom is -0.394 e. The Balaban J connectivity index is 3.56. The van der Waals surface area contributed by atoms with E-state index in [2.05, 4.69) is 55.6 Å². The number of carbonyl (C=O) groups excluding carboxylic acids is 1. The van der Waals surface area contributed by atoms with E-state index >= 15 is 0 Å². The fraction of sp³-hybridized carbons (Fsp3) is 0.889. The van der Waals surface area contributed by atoms with E-state index in [-0.39, 0.29) is 0 Å². The monoisotopic (exact) mass is 972 g/mol. The van der Waals surface area contributed by atoms with Gasteiger partial charge in [-0.15, -0.1) is 0 Å². The van der Waals surface area contributed by atoms with Crippen molar-refractivity contribution < 1.29 is 25.2 Å². The molecule has 0 aliphatic heterocycles. The highest BCUT2D eigenvalue weighted by molar-refractivity contribution is 5.80. The molecule has 0 saturated carbocycles. The van der Waals surface area contributed by atoms with E-state index in [9.17, 15) is 25.2 Å². The van der Waals surface area contributed by atoms with E-state index in [1.807, 2.05) is 0 Å². The van der Waals surface area contributed by atoms with Crippen LogP contribution in [-0.4, -0.2) is 57.3 Å². The van der Waals surface area contributed by atoms with Crippen molar-refractivity contribution in [2.24, 2.45) is 0 Å². The normalized spacial score (nSPS) is 13.9. The van der Waals surface area contributed by atoms with Gasteiger partial charge in [0.05, 0.1) is 18.8 Å². The summed E-state index contributed by atoms with van der Waals surface area (Å²) in [7, 11) is 0. The second-order valence-corrected chi connectivity index (χ2v) is 21.4. The average molecular weight is 973 g/mol. The molecule has 0 bridgehead atoms. The predicted octanol–water partition coefficient (Wildman–Crippen LogP) is 18.4. The zero-order valence-electron chi connectivity index (χ0n) is 46.3. The van der Waals surface area contributed by atoms with Crippen LogP contribution in [0.5, 0.6) is 0 Å². The van der Waals surface area contributed by atoms with Crippen molar-refractivity contribution in [2.75, 3.05) is 6.61 Å². The molecule has 1 amide bonds. The number of aliphatic hydroxyl groups is 4. The Kier molecular flexibility index (Phi) is 56.2. The number of unbranched alkanes of at least 4 members (excludes halogenated alkanes) is 42. The van der Waals surface area contributed by atoms with Gasteiger partial charge in [-0.25, -0.2) is 0 Å². The molecule has 4 atom stereocenters. The number of nitrogens with one attached hydrogen (secondary N) is 1. The first-order valence-electron chi connectivity index (χ1n) is 30.9. The van der Waals surface area contributed by atoms with Crippen molar-refractivity contribution >= 4 is 5.91 Å². The summed E-state index contributed by atoms with van der Waals surface area (Å²) in [4.78, 5) is 12.6. The molecule has 0 rings (SSSR count). The first-order chi connectivity index (χ1) is 34.0. The summed E-state index contributed by atoms with van der Waals surface area (Å²) >= 11 is 0.